The SMILES string of the molecule is CCCCCCCCCCCCCCCCCCO[C@H](COC(=O)CCCCCCCCCCCCCCC)COP(=O)(O)OCC[N+](C)(C)C. The van der Waals surface area contributed by atoms with Gasteiger partial charge in [-0.2, -0.15) is 0 Å². The summed E-state index contributed by atoms with van der Waals surface area (Å²) in [5.74, 6) is -0.250. The van der Waals surface area contributed by atoms with Crippen LogP contribution in [0.2, 0.25) is 0 Å². The summed E-state index contributed by atoms with van der Waals surface area (Å²) in [5, 5.41) is 0. The molecule has 1 unspecified atom stereocenters. The van der Waals surface area contributed by atoms with Gasteiger partial charge in [-0.25, -0.2) is 4.57 Å². The Hall–Kier alpha value is -0.500. The minimum absolute atomic E-state index is 0.00894. The molecule has 0 saturated carbocycles. The summed E-state index contributed by atoms with van der Waals surface area (Å²) in [6.07, 6.45) is 37.1. The van der Waals surface area contributed by atoms with E-state index >= 15 is 0 Å². The lowest BCUT2D eigenvalue weighted by atomic mass is 10.0. The highest BCUT2D eigenvalue weighted by Gasteiger charge is 2.25. The molecule has 0 aromatic rings. The van der Waals surface area contributed by atoms with Crippen molar-refractivity contribution in [1.29, 1.82) is 0 Å². The van der Waals surface area contributed by atoms with E-state index in [1.807, 2.05) is 21.1 Å². The van der Waals surface area contributed by atoms with Crippen molar-refractivity contribution in [3.8, 4) is 0 Å². The third kappa shape index (κ3) is 40.5. The molecule has 1 N–H and O–H groups in total. The lowest BCUT2D eigenvalue weighted by molar-refractivity contribution is -0.870. The number of phosphoric acid groups is 1. The molecule has 0 fully saturated rings. The molecule has 9 heteroatoms. The van der Waals surface area contributed by atoms with Crippen molar-refractivity contribution in [2.45, 2.75) is 213 Å². The summed E-state index contributed by atoms with van der Waals surface area (Å²) < 4.78 is 35.0. The van der Waals surface area contributed by atoms with Crippen molar-refractivity contribution in [3.05, 3.63) is 0 Å². The second-order valence-corrected chi connectivity index (χ2v) is 17.5. The topological polar surface area (TPSA) is 91.3 Å². The van der Waals surface area contributed by atoms with E-state index in [1.165, 1.54) is 154 Å². The lowest BCUT2D eigenvalue weighted by Crippen LogP contribution is -2.37. The molecule has 0 spiro atoms. The van der Waals surface area contributed by atoms with Gasteiger partial charge in [0.05, 0.1) is 27.7 Å². The average molecular weight is 749 g/mol. The summed E-state index contributed by atoms with van der Waals surface area (Å²) in [6, 6.07) is 0. The van der Waals surface area contributed by atoms with E-state index in [4.69, 9.17) is 18.5 Å². The number of nitrogens with zero attached hydrogens (tertiary/aromatic N) is 1. The summed E-state index contributed by atoms with van der Waals surface area (Å²) in [6.45, 7) is 5.56. The van der Waals surface area contributed by atoms with Gasteiger partial charge >= 0.3 is 13.8 Å². The standard InChI is InChI=1S/C42H86NO7P/c1-6-8-10-12-14-16-18-20-21-22-24-26-28-30-32-34-37-47-41(40-50-51(45,46)49-38-36-43(3,4)5)39-48-42(44)35-33-31-29-27-25-23-19-17-15-13-11-9-7-2/h41H,6-40H2,1-5H3/p+1/t41-/m1/s1. The van der Waals surface area contributed by atoms with Crippen LogP contribution in [0.4, 0.5) is 0 Å². The van der Waals surface area contributed by atoms with Gasteiger partial charge in [0.2, 0.25) is 0 Å². The zero-order valence-electron chi connectivity index (χ0n) is 34.6. The highest BCUT2D eigenvalue weighted by molar-refractivity contribution is 7.47. The molecule has 0 aromatic heterocycles. The van der Waals surface area contributed by atoms with Gasteiger partial charge in [0, 0.05) is 13.0 Å². The minimum Gasteiger partial charge on any atom is -0.463 e. The van der Waals surface area contributed by atoms with Crippen molar-refractivity contribution in [2.75, 3.05) is 54.1 Å². The van der Waals surface area contributed by atoms with E-state index in [1.54, 1.807) is 0 Å². The lowest BCUT2D eigenvalue weighted by Gasteiger charge is -2.24. The molecule has 0 aromatic carbocycles. The maximum absolute atomic E-state index is 12.5. The Labute approximate surface area is 317 Å². The fraction of sp³-hybridized carbons (Fsp3) is 0.976. The first-order valence-electron chi connectivity index (χ1n) is 21.8. The van der Waals surface area contributed by atoms with Crippen LogP contribution in [0.3, 0.4) is 0 Å². The second kappa shape index (κ2) is 36.5. The second-order valence-electron chi connectivity index (χ2n) is 16.1. The van der Waals surface area contributed by atoms with Gasteiger partial charge < -0.3 is 18.9 Å². The molecular weight excluding hydrogens is 661 g/mol. The van der Waals surface area contributed by atoms with Crippen molar-refractivity contribution in [3.63, 3.8) is 0 Å². The van der Waals surface area contributed by atoms with E-state index in [2.05, 4.69) is 13.8 Å². The number of phosphoric ester groups is 1. The molecule has 2 atom stereocenters. The first-order chi connectivity index (χ1) is 24.6. The Balaban J connectivity index is 4.19. The molecule has 0 heterocycles. The molecule has 306 valence electrons. The Bertz CT molecular complexity index is 792. The van der Waals surface area contributed by atoms with Crippen molar-refractivity contribution in [1.82, 2.24) is 0 Å². The third-order valence-electron chi connectivity index (χ3n) is 9.71. The van der Waals surface area contributed by atoms with E-state index in [9.17, 15) is 14.3 Å². The number of quaternary nitrogens is 1. The highest BCUT2D eigenvalue weighted by atomic mass is 31.2. The van der Waals surface area contributed by atoms with Crippen LogP contribution in [0.25, 0.3) is 0 Å². The van der Waals surface area contributed by atoms with E-state index in [-0.39, 0.29) is 25.8 Å². The zero-order valence-corrected chi connectivity index (χ0v) is 35.5. The number of hydrogen-bond donors (Lipinski definition) is 1. The molecule has 0 bridgehead atoms. The maximum Gasteiger partial charge on any atom is 0.472 e. The molecule has 0 rings (SSSR count). The van der Waals surface area contributed by atoms with E-state index in [0.717, 1.165) is 32.1 Å². The fourth-order valence-corrected chi connectivity index (χ4v) is 6.98. The van der Waals surface area contributed by atoms with Crippen LogP contribution in [-0.4, -0.2) is 75.6 Å². The van der Waals surface area contributed by atoms with Gasteiger partial charge in [-0.3, -0.25) is 13.8 Å². The summed E-state index contributed by atoms with van der Waals surface area (Å²) in [5.41, 5.74) is 0. The largest absolute Gasteiger partial charge is 0.472 e. The van der Waals surface area contributed by atoms with Crippen LogP contribution in [-0.2, 0) is 27.9 Å². The number of carbonyl (C=O) groups is 1. The van der Waals surface area contributed by atoms with Crippen LogP contribution in [0.15, 0.2) is 0 Å². The molecule has 0 saturated heterocycles. The first kappa shape index (κ1) is 50.5. The minimum atomic E-state index is -4.23. The molecule has 8 nitrogen and oxygen atoms in total. The first-order valence-corrected chi connectivity index (χ1v) is 23.3. The van der Waals surface area contributed by atoms with Gasteiger partial charge in [0.15, 0.2) is 0 Å². The monoisotopic (exact) mass is 749 g/mol. The highest BCUT2D eigenvalue weighted by Crippen LogP contribution is 2.43. The summed E-state index contributed by atoms with van der Waals surface area (Å²) in [7, 11) is 1.73. The normalized spacial score (nSPS) is 13.8. The van der Waals surface area contributed by atoms with E-state index in [0.29, 0.717) is 24.1 Å². The fourth-order valence-electron chi connectivity index (χ4n) is 6.23. The van der Waals surface area contributed by atoms with Crippen LogP contribution < -0.4 is 0 Å². The number of likely N-dealkylation sites (N-methyl/N-ethyl adjacent to an activating group) is 1. The maximum atomic E-state index is 12.5. The predicted molar refractivity (Wildman–Crippen MR) is 215 cm³/mol. The smallest absolute Gasteiger partial charge is 0.463 e. The summed E-state index contributed by atoms with van der Waals surface area (Å²) in [4.78, 5) is 22.7. The summed E-state index contributed by atoms with van der Waals surface area (Å²) >= 11 is 0. The van der Waals surface area contributed by atoms with Gasteiger partial charge in [-0.1, -0.05) is 187 Å². The molecular formula is C42H87NO7P+. The van der Waals surface area contributed by atoms with Crippen LogP contribution in [0.5, 0.6) is 0 Å². The number of ether oxygens (including phenoxy) is 2. The number of carbonyl (C=O) groups excluding carboxylic acids is 1. The average Bonchev–Trinajstić information content (AvgIpc) is 3.08. The molecule has 51 heavy (non-hydrogen) atoms. The number of esters is 1. The van der Waals surface area contributed by atoms with Crippen LogP contribution in [0, 0.1) is 0 Å². The predicted octanol–water partition coefficient (Wildman–Crippen LogP) is 12.5. The third-order valence-corrected chi connectivity index (χ3v) is 10.7. The Morgan fingerprint density at radius 3 is 1.29 bits per heavy atom. The Morgan fingerprint density at radius 2 is 0.902 bits per heavy atom. The van der Waals surface area contributed by atoms with Gasteiger partial charge in [0.1, 0.15) is 25.9 Å². The number of unbranched alkanes of at least 4 members (excludes halogenated alkanes) is 27. The van der Waals surface area contributed by atoms with Crippen molar-refractivity contribution < 1.29 is 37.3 Å². The number of rotatable bonds is 41. The molecule has 0 amide bonds. The Kier molecular flexibility index (Phi) is 36.1. The quantitative estimate of drug-likeness (QED) is 0.0288. The Morgan fingerprint density at radius 1 is 0.529 bits per heavy atom. The van der Waals surface area contributed by atoms with E-state index < -0.39 is 13.9 Å². The van der Waals surface area contributed by atoms with Gasteiger partial charge in [-0.15, -0.1) is 0 Å². The molecule has 0 aliphatic heterocycles. The van der Waals surface area contributed by atoms with Crippen molar-refractivity contribution in [2.24, 2.45) is 0 Å². The number of hydrogen-bond acceptors (Lipinski definition) is 6. The molecule has 0 radical (unpaired) electrons. The van der Waals surface area contributed by atoms with Crippen LogP contribution >= 0.6 is 7.82 Å². The molecule has 0 aliphatic rings. The van der Waals surface area contributed by atoms with Gasteiger partial charge in [0.25, 0.3) is 0 Å². The van der Waals surface area contributed by atoms with Crippen LogP contribution in [0.1, 0.15) is 206 Å². The zero-order chi connectivity index (χ0) is 37.7. The van der Waals surface area contributed by atoms with Gasteiger partial charge in [-0.05, 0) is 12.8 Å². The van der Waals surface area contributed by atoms with Crippen molar-refractivity contribution >= 4 is 13.8 Å². The molecule has 0 aliphatic carbocycles.